The average molecular weight is 379 g/mol. The van der Waals surface area contributed by atoms with Crippen molar-refractivity contribution in [3.8, 4) is 0 Å². The standard InChI is InChI=1S/C22H18FNO4/c23-19-7-3-4-15(11-19)13-24(21(26)12-20(25)22(27)28)14-16-8-9-17-5-1-2-6-18(17)10-16/h1-11H,12-14H2,(H,27,28). The highest BCUT2D eigenvalue weighted by atomic mass is 19.1. The molecule has 0 bridgehead atoms. The van der Waals surface area contributed by atoms with Gasteiger partial charge in [-0.3, -0.25) is 9.59 Å². The lowest BCUT2D eigenvalue weighted by Gasteiger charge is -2.23. The Bertz CT molecular complexity index is 1050. The van der Waals surface area contributed by atoms with Crippen LogP contribution in [0.1, 0.15) is 17.5 Å². The van der Waals surface area contributed by atoms with Gasteiger partial charge in [-0.05, 0) is 40.1 Å². The Morgan fingerprint density at radius 1 is 0.821 bits per heavy atom. The predicted molar refractivity (Wildman–Crippen MR) is 102 cm³/mol. The maximum Gasteiger partial charge on any atom is 0.372 e. The second kappa shape index (κ2) is 8.43. The lowest BCUT2D eigenvalue weighted by Crippen LogP contribution is -2.33. The lowest BCUT2D eigenvalue weighted by atomic mass is 10.1. The summed E-state index contributed by atoms with van der Waals surface area (Å²) in [6.45, 7) is 0.239. The Hall–Kier alpha value is -3.54. The van der Waals surface area contributed by atoms with E-state index in [4.69, 9.17) is 5.11 Å². The zero-order valence-corrected chi connectivity index (χ0v) is 15.0. The lowest BCUT2D eigenvalue weighted by molar-refractivity contribution is -0.151. The molecule has 3 aromatic rings. The van der Waals surface area contributed by atoms with E-state index in [9.17, 15) is 18.8 Å². The summed E-state index contributed by atoms with van der Waals surface area (Å²) in [6, 6.07) is 19.3. The summed E-state index contributed by atoms with van der Waals surface area (Å²) < 4.78 is 13.5. The molecule has 0 saturated carbocycles. The molecule has 0 radical (unpaired) electrons. The van der Waals surface area contributed by atoms with Crippen molar-refractivity contribution < 1.29 is 23.9 Å². The van der Waals surface area contributed by atoms with E-state index in [0.717, 1.165) is 16.3 Å². The maximum absolute atomic E-state index is 13.5. The van der Waals surface area contributed by atoms with Crippen molar-refractivity contribution in [2.45, 2.75) is 19.5 Å². The van der Waals surface area contributed by atoms with Gasteiger partial charge in [0.05, 0.1) is 6.42 Å². The van der Waals surface area contributed by atoms with Crippen molar-refractivity contribution >= 4 is 28.4 Å². The molecular formula is C22H18FNO4. The van der Waals surface area contributed by atoms with Crippen LogP contribution >= 0.6 is 0 Å². The van der Waals surface area contributed by atoms with Gasteiger partial charge in [-0.2, -0.15) is 0 Å². The summed E-state index contributed by atoms with van der Waals surface area (Å²) in [5.41, 5.74) is 1.38. The highest BCUT2D eigenvalue weighted by molar-refractivity contribution is 6.36. The van der Waals surface area contributed by atoms with Crippen LogP contribution in [-0.2, 0) is 27.5 Å². The molecule has 5 nitrogen and oxygen atoms in total. The number of hydrogen-bond acceptors (Lipinski definition) is 3. The van der Waals surface area contributed by atoms with Gasteiger partial charge in [-0.25, -0.2) is 9.18 Å². The van der Waals surface area contributed by atoms with Crippen LogP contribution < -0.4 is 0 Å². The van der Waals surface area contributed by atoms with Crippen LogP contribution in [-0.4, -0.2) is 27.7 Å². The van der Waals surface area contributed by atoms with E-state index in [1.807, 2.05) is 42.5 Å². The third-order valence-electron chi connectivity index (χ3n) is 4.35. The molecule has 0 aliphatic rings. The molecule has 0 saturated heterocycles. The third kappa shape index (κ3) is 4.79. The van der Waals surface area contributed by atoms with Gasteiger partial charge in [-0.15, -0.1) is 0 Å². The number of hydrogen-bond donors (Lipinski definition) is 1. The Labute approximate surface area is 161 Å². The van der Waals surface area contributed by atoms with Crippen LogP contribution in [0.5, 0.6) is 0 Å². The van der Waals surface area contributed by atoms with E-state index in [0.29, 0.717) is 5.56 Å². The molecule has 0 unspecified atom stereocenters. The van der Waals surface area contributed by atoms with Crippen molar-refractivity contribution in [2.24, 2.45) is 0 Å². The summed E-state index contributed by atoms with van der Waals surface area (Å²) in [7, 11) is 0. The molecule has 28 heavy (non-hydrogen) atoms. The van der Waals surface area contributed by atoms with E-state index >= 15 is 0 Å². The third-order valence-corrected chi connectivity index (χ3v) is 4.35. The zero-order valence-electron chi connectivity index (χ0n) is 15.0. The maximum atomic E-state index is 13.5. The molecule has 0 heterocycles. The number of carbonyl (C=O) groups is 3. The summed E-state index contributed by atoms with van der Waals surface area (Å²) in [4.78, 5) is 36.2. The van der Waals surface area contributed by atoms with Gasteiger partial charge in [0.25, 0.3) is 0 Å². The Kier molecular flexibility index (Phi) is 5.79. The van der Waals surface area contributed by atoms with E-state index in [2.05, 4.69) is 0 Å². The summed E-state index contributed by atoms with van der Waals surface area (Å²) >= 11 is 0. The van der Waals surface area contributed by atoms with Crippen molar-refractivity contribution in [1.29, 1.82) is 0 Å². The van der Waals surface area contributed by atoms with E-state index in [-0.39, 0.29) is 13.1 Å². The number of halogens is 1. The number of ketones is 1. The first-order valence-corrected chi connectivity index (χ1v) is 8.68. The number of nitrogens with zero attached hydrogens (tertiary/aromatic N) is 1. The van der Waals surface area contributed by atoms with Gasteiger partial charge in [0.1, 0.15) is 5.82 Å². The summed E-state index contributed by atoms with van der Waals surface area (Å²) in [5.74, 6) is -3.88. The van der Waals surface area contributed by atoms with Crippen LogP contribution in [0, 0.1) is 5.82 Å². The predicted octanol–water partition coefficient (Wildman–Crippen LogP) is 3.55. The Balaban J connectivity index is 1.86. The Morgan fingerprint density at radius 3 is 2.18 bits per heavy atom. The summed E-state index contributed by atoms with van der Waals surface area (Å²) in [5, 5.41) is 10.8. The minimum atomic E-state index is -1.65. The molecular weight excluding hydrogens is 361 g/mol. The van der Waals surface area contributed by atoms with Crippen molar-refractivity contribution in [3.63, 3.8) is 0 Å². The number of Topliss-reactive ketones (excluding diaryl/α,β-unsaturated/α-hetero) is 1. The molecule has 0 atom stereocenters. The highest BCUT2D eigenvalue weighted by Gasteiger charge is 2.22. The number of benzene rings is 3. The molecule has 3 aromatic carbocycles. The van der Waals surface area contributed by atoms with Crippen LogP contribution in [0.2, 0.25) is 0 Å². The van der Waals surface area contributed by atoms with Crippen molar-refractivity contribution in [3.05, 3.63) is 83.7 Å². The fourth-order valence-corrected chi connectivity index (χ4v) is 2.97. The van der Waals surface area contributed by atoms with E-state index < -0.39 is 29.9 Å². The first-order chi connectivity index (χ1) is 13.4. The van der Waals surface area contributed by atoms with Crippen LogP contribution in [0.3, 0.4) is 0 Å². The second-order valence-corrected chi connectivity index (χ2v) is 6.47. The molecule has 142 valence electrons. The minimum absolute atomic E-state index is 0.0658. The molecule has 0 aliphatic carbocycles. The fourth-order valence-electron chi connectivity index (χ4n) is 2.97. The number of carboxylic acid groups (broad SMARTS) is 1. The minimum Gasteiger partial charge on any atom is -0.475 e. The topological polar surface area (TPSA) is 74.7 Å². The molecule has 0 fully saturated rings. The molecule has 1 amide bonds. The number of amides is 1. The largest absolute Gasteiger partial charge is 0.475 e. The van der Waals surface area contributed by atoms with Gasteiger partial charge in [0.2, 0.25) is 11.7 Å². The molecule has 6 heteroatoms. The number of aliphatic carboxylic acids is 1. The average Bonchev–Trinajstić information content (AvgIpc) is 2.67. The van der Waals surface area contributed by atoms with E-state index in [1.165, 1.54) is 23.1 Å². The highest BCUT2D eigenvalue weighted by Crippen LogP contribution is 2.18. The van der Waals surface area contributed by atoms with Crippen LogP contribution in [0.4, 0.5) is 4.39 Å². The SMILES string of the molecule is O=C(O)C(=O)CC(=O)N(Cc1cccc(F)c1)Cc1ccc2ccccc2c1. The molecule has 0 aliphatic heterocycles. The fraction of sp³-hybridized carbons (Fsp3) is 0.136. The van der Waals surface area contributed by atoms with Crippen LogP contribution in [0.15, 0.2) is 66.7 Å². The van der Waals surface area contributed by atoms with Gasteiger partial charge < -0.3 is 10.0 Å². The molecule has 3 rings (SSSR count). The molecule has 1 N–H and O–H groups in total. The monoisotopic (exact) mass is 379 g/mol. The quantitative estimate of drug-likeness (QED) is 0.503. The Morgan fingerprint density at radius 2 is 1.50 bits per heavy atom. The van der Waals surface area contributed by atoms with Crippen molar-refractivity contribution in [1.82, 2.24) is 4.90 Å². The van der Waals surface area contributed by atoms with Crippen molar-refractivity contribution in [2.75, 3.05) is 0 Å². The zero-order chi connectivity index (χ0) is 20.1. The second-order valence-electron chi connectivity index (χ2n) is 6.47. The van der Waals surface area contributed by atoms with Gasteiger partial charge in [-0.1, -0.05) is 48.5 Å². The van der Waals surface area contributed by atoms with Gasteiger partial charge >= 0.3 is 5.97 Å². The smallest absolute Gasteiger partial charge is 0.372 e. The first kappa shape index (κ1) is 19.2. The number of carboxylic acids is 1. The molecule has 0 spiro atoms. The molecule has 0 aromatic heterocycles. The number of rotatable bonds is 7. The van der Waals surface area contributed by atoms with Crippen LogP contribution in [0.25, 0.3) is 10.8 Å². The van der Waals surface area contributed by atoms with Gasteiger partial charge in [0.15, 0.2) is 0 Å². The normalized spacial score (nSPS) is 10.6. The number of carbonyl (C=O) groups excluding carboxylic acids is 2. The summed E-state index contributed by atoms with van der Waals surface area (Å²) in [6.07, 6.45) is -0.738. The van der Waals surface area contributed by atoms with Gasteiger partial charge in [0, 0.05) is 13.1 Å². The van der Waals surface area contributed by atoms with E-state index in [1.54, 1.807) is 6.07 Å². The number of fused-ring (bicyclic) bond motifs is 1. The first-order valence-electron chi connectivity index (χ1n) is 8.68.